The summed E-state index contributed by atoms with van der Waals surface area (Å²) < 4.78 is 0. The lowest BCUT2D eigenvalue weighted by Crippen LogP contribution is -2.43. The fourth-order valence-electron chi connectivity index (χ4n) is 3.05. The molecule has 2 rings (SSSR count). The molecule has 0 unspecified atom stereocenters. The van der Waals surface area contributed by atoms with Crippen LogP contribution >= 0.6 is 0 Å². The van der Waals surface area contributed by atoms with Gasteiger partial charge in [0, 0.05) is 19.1 Å². The maximum absolute atomic E-state index is 12.1. The van der Waals surface area contributed by atoms with Crippen LogP contribution in [0.25, 0.3) is 0 Å². The summed E-state index contributed by atoms with van der Waals surface area (Å²) in [6.45, 7) is 8.93. The van der Waals surface area contributed by atoms with E-state index in [-0.39, 0.29) is 11.3 Å². The molecule has 0 saturated heterocycles. The normalized spacial score (nSPS) is 21.6. The largest absolute Gasteiger partial charge is 0.338 e. The second kappa shape index (κ2) is 6.08. The van der Waals surface area contributed by atoms with E-state index in [4.69, 9.17) is 0 Å². The smallest absolute Gasteiger partial charge is 0.236 e. The van der Waals surface area contributed by atoms with E-state index in [0.29, 0.717) is 12.6 Å². The molecule has 0 atom stereocenters. The molecule has 0 spiro atoms. The number of hydrogen-bond acceptors (Lipinski definition) is 2. The highest BCUT2D eigenvalue weighted by atomic mass is 16.2. The lowest BCUT2D eigenvalue weighted by molar-refractivity contribution is -0.130. The second-order valence-electron chi connectivity index (χ2n) is 6.93. The topological polar surface area (TPSA) is 32.3 Å². The number of rotatable bonds is 3. The molecule has 1 aliphatic carbocycles. The van der Waals surface area contributed by atoms with Crippen LogP contribution in [0.4, 0.5) is 0 Å². The Morgan fingerprint density at radius 3 is 2.58 bits per heavy atom. The number of hydrogen-bond donors (Lipinski definition) is 1. The van der Waals surface area contributed by atoms with Gasteiger partial charge in [-0.25, -0.2) is 0 Å². The molecule has 0 aromatic rings. The number of nitrogens with one attached hydrogen (secondary N) is 1. The minimum absolute atomic E-state index is 0.247. The minimum Gasteiger partial charge on any atom is -0.338 e. The lowest BCUT2D eigenvalue weighted by atomic mass is 9.83. The fraction of sp³-hybridized carbons (Fsp3) is 0.812. The molecular weight excluding hydrogens is 236 g/mol. The fourth-order valence-corrected chi connectivity index (χ4v) is 3.05. The van der Waals surface area contributed by atoms with Crippen LogP contribution in [0, 0.1) is 5.41 Å². The predicted molar refractivity (Wildman–Crippen MR) is 79.0 cm³/mol. The number of amides is 1. The van der Waals surface area contributed by atoms with Crippen LogP contribution in [0.5, 0.6) is 0 Å². The van der Waals surface area contributed by atoms with Crippen LogP contribution in [-0.2, 0) is 4.79 Å². The summed E-state index contributed by atoms with van der Waals surface area (Å²) >= 11 is 0. The summed E-state index contributed by atoms with van der Waals surface area (Å²) in [5.41, 5.74) is 1.73. The van der Waals surface area contributed by atoms with Gasteiger partial charge < -0.3 is 10.2 Å². The summed E-state index contributed by atoms with van der Waals surface area (Å²) in [5.74, 6) is 0.260. The van der Waals surface area contributed by atoms with E-state index < -0.39 is 0 Å². The number of nitrogens with zero attached hydrogens (tertiary/aromatic N) is 1. The van der Waals surface area contributed by atoms with Crippen molar-refractivity contribution in [3.8, 4) is 0 Å². The summed E-state index contributed by atoms with van der Waals surface area (Å²) in [7, 11) is 0. The van der Waals surface area contributed by atoms with Gasteiger partial charge in [-0.15, -0.1) is 0 Å². The Labute approximate surface area is 117 Å². The molecule has 1 aliphatic heterocycles. The van der Waals surface area contributed by atoms with E-state index in [2.05, 4.69) is 32.2 Å². The number of carbonyl (C=O) groups is 1. The Balaban J connectivity index is 1.77. The van der Waals surface area contributed by atoms with E-state index >= 15 is 0 Å². The third kappa shape index (κ3) is 4.07. The average Bonchev–Trinajstić information content (AvgIpc) is 2.88. The van der Waals surface area contributed by atoms with Crippen molar-refractivity contribution in [1.82, 2.24) is 10.2 Å². The van der Waals surface area contributed by atoms with Crippen LogP contribution in [0.15, 0.2) is 11.6 Å². The highest BCUT2D eigenvalue weighted by molar-refractivity contribution is 5.78. The minimum atomic E-state index is 0.247. The molecule has 3 nitrogen and oxygen atoms in total. The van der Waals surface area contributed by atoms with Gasteiger partial charge in [0.1, 0.15) is 0 Å². The maximum atomic E-state index is 12.1. The molecule has 1 fully saturated rings. The molecule has 0 bridgehead atoms. The van der Waals surface area contributed by atoms with Crippen LogP contribution in [0.1, 0.15) is 52.9 Å². The standard InChI is InChI=1S/C16H28N2O/c1-16(2,3)13-8-10-18(11-9-13)15(19)12-17-14-6-4-5-7-14/h8,14,17H,4-7,9-12H2,1-3H3. The van der Waals surface area contributed by atoms with E-state index in [1.165, 1.54) is 31.3 Å². The summed E-state index contributed by atoms with van der Waals surface area (Å²) in [5, 5.41) is 3.41. The molecule has 108 valence electrons. The molecule has 0 aromatic carbocycles. The second-order valence-corrected chi connectivity index (χ2v) is 6.93. The van der Waals surface area contributed by atoms with Gasteiger partial charge in [0.05, 0.1) is 6.54 Å². The summed E-state index contributed by atoms with van der Waals surface area (Å²) in [4.78, 5) is 14.1. The first-order valence-corrected chi connectivity index (χ1v) is 7.67. The Kier molecular flexibility index (Phi) is 4.67. The zero-order chi connectivity index (χ0) is 13.9. The van der Waals surface area contributed by atoms with Gasteiger partial charge in [0.2, 0.25) is 5.91 Å². The van der Waals surface area contributed by atoms with E-state index in [9.17, 15) is 4.79 Å². The lowest BCUT2D eigenvalue weighted by Gasteiger charge is -2.32. The zero-order valence-electron chi connectivity index (χ0n) is 12.7. The quantitative estimate of drug-likeness (QED) is 0.795. The first kappa shape index (κ1) is 14.6. The molecule has 3 heteroatoms. The van der Waals surface area contributed by atoms with Crippen molar-refractivity contribution < 1.29 is 4.79 Å². The van der Waals surface area contributed by atoms with Crippen molar-refractivity contribution in [3.63, 3.8) is 0 Å². The van der Waals surface area contributed by atoms with E-state index in [1.54, 1.807) is 0 Å². The molecule has 1 saturated carbocycles. The Morgan fingerprint density at radius 2 is 2.05 bits per heavy atom. The van der Waals surface area contributed by atoms with Gasteiger partial charge in [-0.3, -0.25) is 4.79 Å². The van der Waals surface area contributed by atoms with Gasteiger partial charge >= 0.3 is 0 Å². The van der Waals surface area contributed by atoms with Crippen molar-refractivity contribution in [2.45, 2.75) is 58.9 Å². The van der Waals surface area contributed by atoms with Gasteiger partial charge in [-0.1, -0.05) is 45.3 Å². The maximum Gasteiger partial charge on any atom is 0.236 e. The van der Waals surface area contributed by atoms with Crippen LogP contribution in [0.3, 0.4) is 0 Å². The highest BCUT2D eigenvalue weighted by Crippen LogP contribution is 2.30. The molecule has 0 radical (unpaired) electrons. The van der Waals surface area contributed by atoms with Crippen LogP contribution in [-0.4, -0.2) is 36.5 Å². The first-order chi connectivity index (χ1) is 8.97. The first-order valence-electron chi connectivity index (χ1n) is 7.67. The van der Waals surface area contributed by atoms with Crippen LogP contribution in [0.2, 0.25) is 0 Å². The van der Waals surface area contributed by atoms with E-state index in [0.717, 1.165) is 19.5 Å². The van der Waals surface area contributed by atoms with Crippen LogP contribution < -0.4 is 5.32 Å². The van der Waals surface area contributed by atoms with Gasteiger partial charge in [0.25, 0.3) is 0 Å². The Bertz CT molecular complexity index is 348. The average molecular weight is 264 g/mol. The molecule has 0 aromatic heterocycles. The predicted octanol–water partition coefficient (Wildman–Crippen LogP) is 2.72. The molecule has 1 amide bonds. The van der Waals surface area contributed by atoms with Gasteiger partial charge in [-0.2, -0.15) is 0 Å². The van der Waals surface area contributed by atoms with Crippen molar-refractivity contribution in [3.05, 3.63) is 11.6 Å². The monoisotopic (exact) mass is 264 g/mol. The third-order valence-corrected chi connectivity index (χ3v) is 4.42. The van der Waals surface area contributed by atoms with Gasteiger partial charge in [0.15, 0.2) is 0 Å². The molecule has 19 heavy (non-hydrogen) atoms. The van der Waals surface area contributed by atoms with Crippen molar-refractivity contribution >= 4 is 5.91 Å². The Hall–Kier alpha value is -0.830. The SMILES string of the molecule is CC(C)(C)C1=CCN(C(=O)CNC2CCCC2)CC1. The van der Waals surface area contributed by atoms with Crippen molar-refractivity contribution in [1.29, 1.82) is 0 Å². The molecule has 1 N–H and O–H groups in total. The summed E-state index contributed by atoms with van der Waals surface area (Å²) in [6.07, 6.45) is 8.37. The van der Waals surface area contributed by atoms with E-state index in [1.807, 2.05) is 4.90 Å². The highest BCUT2D eigenvalue weighted by Gasteiger charge is 2.24. The zero-order valence-corrected chi connectivity index (χ0v) is 12.7. The Morgan fingerprint density at radius 1 is 1.37 bits per heavy atom. The molecular formula is C16H28N2O. The molecule has 2 aliphatic rings. The van der Waals surface area contributed by atoms with Crippen molar-refractivity contribution in [2.24, 2.45) is 5.41 Å². The molecule has 1 heterocycles. The summed E-state index contributed by atoms with van der Waals surface area (Å²) in [6, 6.07) is 0.578. The van der Waals surface area contributed by atoms with Gasteiger partial charge in [-0.05, 0) is 24.7 Å². The van der Waals surface area contributed by atoms with Crippen molar-refractivity contribution in [2.75, 3.05) is 19.6 Å². The number of carbonyl (C=O) groups excluding carboxylic acids is 1. The third-order valence-electron chi connectivity index (χ3n) is 4.42.